The van der Waals surface area contributed by atoms with Crippen LogP contribution >= 0.6 is 0 Å². The predicted octanol–water partition coefficient (Wildman–Crippen LogP) is 0.762. The van der Waals surface area contributed by atoms with Gasteiger partial charge in [0.25, 0.3) is 0 Å². The third kappa shape index (κ3) is 3.71. The summed E-state index contributed by atoms with van der Waals surface area (Å²) in [4.78, 5) is 23.3. The molecule has 0 aliphatic heterocycles. The van der Waals surface area contributed by atoms with E-state index >= 15 is 0 Å². The van der Waals surface area contributed by atoms with Gasteiger partial charge in [-0.25, -0.2) is 4.79 Å². The zero-order valence-corrected chi connectivity index (χ0v) is 11.8. The first-order valence-corrected chi connectivity index (χ1v) is 6.17. The van der Waals surface area contributed by atoms with E-state index in [0.29, 0.717) is 5.69 Å². The highest BCUT2D eigenvalue weighted by atomic mass is 16.5. The summed E-state index contributed by atoms with van der Waals surface area (Å²) in [6.07, 6.45) is 0. The highest BCUT2D eigenvalue weighted by Crippen LogP contribution is 2.24. The minimum absolute atomic E-state index is 0.0844. The highest BCUT2D eigenvalue weighted by Gasteiger charge is 2.32. The summed E-state index contributed by atoms with van der Waals surface area (Å²) in [5.74, 6) is -1.51. The number of rotatable bonds is 6. The molecule has 1 atom stereocenters. The quantitative estimate of drug-likeness (QED) is 0.668. The fraction of sp³-hybridized carbons (Fsp3) is 0.429. The Bertz CT molecular complexity index is 482. The number of hydrogen-bond donors (Lipinski definition) is 3. The number of nitrogens with one attached hydrogen (secondary N) is 1. The molecular weight excluding hydrogens is 260 g/mol. The number of carboxylic acids is 1. The molecule has 0 spiro atoms. The summed E-state index contributed by atoms with van der Waals surface area (Å²) in [7, 11) is 1.38. The minimum atomic E-state index is -1.13. The van der Waals surface area contributed by atoms with Gasteiger partial charge >= 0.3 is 5.97 Å². The summed E-state index contributed by atoms with van der Waals surface area (Å²) in [6, 6.07) is 5.84. The van der Waals surface area contributed by atoms with Crippen LogP contribution in [0.25, 0.3) is 0 Å². The van der Waals surface area contributed by atoms with Gasteiger partial charge in [-0.15, -0.1) is 0 Å². The van der Waals surface area contributed by atoms with E-state index in [9.17, 15) is 9.59 Å². The van der Waals surface area contributed by atoms with Crippen LogP contribution in [0, 0.1) is 0 Å². The predicted molar refractivity (Wildman–Crippen MR) is 75.3 cm³/mol. The van der Waals surface area contributed by atoms with Crippen molar-refractivity contribution in [1.29, 1.82) is 0 Å². The summed E-state index contributed by atoms with van der Waals surface area (Å²) in [5, 5.41) is 11.5. The molecule has 0 aromatic heterocycles. The van der Waals surface area contributed by atoms with E-state index in [2.05, 4.69) is 5.32 Å². The zero-order chi connectivity index (χ0) is 15.3. The summed E-state index contributed by atoms with van der Waals surface area (Å²) in [6.45, 7) is 3.36. The molecule has 0 saturated carbocycles. The first-order valence-electron chi connectivity index (χ1n) is 6.17. The second-order valence-corrected chi connectivity index (χ2v) is 5.07. The van der Waals surface area contributed by atoms with Gasteiger partial charge in [-0.05, 0) is 31.5 Å². The SMILES string of the molecule is COCC(NC(=O)C(C)(C)c1ccc(N)cc1)C(=O)O. The van der Waals surface area contributed by atoms with E-state index in [0.717, 1.165) is 5.56 Å². The van der Waals surface area contributed by atoms with Crippen molar-refractivity contribution < 1.29 is 19.4 Å². The number of carbonyl (C=O) groups is 2. The first kappa shape index (κ1) is 16.0. The van der Waals surface area contributed by atoms with Crippen LogP contribution in [0.5, 0.6) is 0 Å². The maximum Gasteiger partial charge on any atom is 0.328 e. The molecular formula is C14H20N2O4. The van der Waals surface area contributed by atoms with Crippen LogP contribution in [0.3, 0.4) is 0 Å². The normalized spacial score (nSPS) is 12.8. The molecule has 0 aliphatic carbocycles. The van der Waals surface area contributed by atoms with Crippen LogP contribution in [0.2, 0.25) is 0 Å². The Kier molecular flexibility index (Phi) is 5.10. The Balaban J connectivity index is 2.88. The molecule has 0 fully saturated rings. The largest absolute Gasteiger partial charge is 0.480 e. The smallest absolute Gasteiger partial charge is 0.328 e. The maximum atomic E-state index is 12.3. The number of ether oxygens (including phenoxy) is 1. The van der Waals surface area contributed by atoms with E-state index < -0.39 is 17.4 Å². The Hall–Kier alpha value is -2.08. The third-order valence-corrected chi connectivity index (χ3v) is 3.14. The fourth-order valence-electron chi connectivity index (χ4n) is 1.71. The highest BCUT2D eigenvalue weighted by molar-refractivity contribution is 5.90. The van der Waals surface area contributed by atoms with Gasteiger partial charge in [0.15, 0.2) is 6.04 Å². The molecule has 0 aliphatic rings. The lowest BCUT2D eigenvalue weighted by atomic mass is 9.83. The molecule has 110 valence electrons. The molecule has 4 N–H and O–H groups in total. The van der Waals surface area contributed by atoms with Crippen molar-refractivity contribution in [2.24, 2.45) is 0 Å². The summed E-state index contributed by atoms with van der Waals surface area (Å²) in [5.41, 5.74) is 6.11. The van der Waals surface area contributed by atoms with E-state index in [1.807, 2.05) is 0 Å². The number of nitrogen functional groups attached to an aromatic ring is 1. The van der Waals surface area contributed by atoms with Crippen molar-refractivity contribution >= 4 is 17.6 Å². The van der Waals surface area contributed by atoms with Crippen molar-refractivity contribution in [3.63, 3.8) is 0 Å². The molecule has 0 heterocycles. The van der Waals surface area contributed by atoms with Crippen LogP contribution in [0.15, 0.2) is 24.3 Å². The number of amides is 1. The van der Waals surface area contributed by atoms with E-state index in [-0.39, 0.29) is 12.5 Å². The van der Waals surface area contributed by atoms with Crippen LogP contribution in [0.1, 0.15) is 19.4 Å². The van der Waals surface area contributed by atoms with Gasteiger partial charge in [-0.3, -0.25) is 4.79 Å². The Labute approximate surface area is 117 Å². The first-order chi connectivity index (χ1) is 9.28. The van der Waals surface area contributed by atoms with Crippen LogP contribution in [-0.2, 0) is 19.7 Å². The molecule has 1 unspecified atom stereocenters. The summed E-state index contributed by atoms with van der Waals surface area (Å²) >= 11 is 0. The Morgan fingerprint density at radius 2 is 1.90 bits per heavy atom. The monoisotopic (exact) mass is 280 g/mol. The van der Waals surface area contributed by atoms with Crippen molar-refractivity contribution in [3.05, 3.63) is 29.8 Å². The second kappa shape index (κ2) is 6.38. The third-order valence-electron chi connectivity index (χ3n) is 3.14. The molecule has 0 saturated heterocycles. The van der Waals surface area contributed by atoms with Crippen LogP contribution in [-0.4, -0.2) is 36.7 Å². The molecule has 1 rings (SSSR count). The van der Waals surface area contributed by atoms with Crippen molar-refractivity contribution in [1.82, 2.24) is 5.32 Å². The van der Waals surface area contributed by atoms with Gasteiger partial charge < -0.3 is 20.9 Å². The van der Waals surface area contributed by atoms with E-state index in [1.54, 1.807) is 38.1 Å². The lowest BCUT2D eigenvalue weighted by Crippen LogP contribution is -2.50. The van der Waals surface area contributed by atoms with Crippen LogP contribution < -0.4 is 11.1 Å². The number of carboxylic acid groups (broad SMARTS) is 1. The molecule has 1 aromatic rings. The lowest BCUT2D eigenvalue weighted by Gasteiger charge is -2.26. The van der Waals surface area contributed by atoms with E-state index in [4.69, 9.17) is 15.6 Å². The average Bonchev–Trinajstić information content (AvgIpc) is 2.38. The van der Waals surface area contributed by atoms with Crippen molar-refractivity contribution in [3.8, 4) is 0 Å². The molecule has 6 heteroatoms. The van der Waals surface area contributed by atoms with Crippen LogP contribution in [0.4, 0.5) is 5.69 Å². The Morgan fingerprint density at radius 3 is 2.35 bits per heavy atom. The number of nitrogens with two attached hydrogens (primary N) is 1. The average molecular weight is 280 g/mol. The topological polar surface area (TPSA) is 102 Å². The minimum Gasteiger partial charge on any atom is -0.480 e. The molecule has 0 bridgehead atoms. The van der Waals surface area contributed by atoms with E-state index in [1.165, 1.54) is 7.11 Å². The summed E-state index contributed by atoms with van der Waals surface area (Å²) < 4.78 is 4.79. The lowest BCUT2D eigenvalue weighted by molar-refractivity contribution is -0.144. The molecule has 20 heavy (non-hydrogen) atoms. The number of benzene rings is 1. The van der Waals surface area contributed by atoms with Gasteiger partial charge in [0, 0.05) is 12.8 Å². The standard InChI is InChI=1S/C14H20N2O4/c1-14(2,9-4-6-10(15)7-5-9)13(19)16-11(8-20-3)12(17)18/h4-7,11H,8,15H2,1-3H3,(H,16,19)(H,17,18). The molecule has 1 amide bonds. The number of carbonyl (C=O) groups excluding carboxylic acids is 1. The van der Waals surface area contributed by atoms with Gasteiger partial charge in [0.05, 0.1) is 12.0 Å². The number of hydrogen-bond acceptors (Lipinski definition) is 4. The molecule has 0 radical (unpaired) electrons. The zero-order valence-electron chi connectivity index (χ0n) is 11.8. The second-order valence-electron chi connectivity index (χ2n) is 5.07. The van der Waals surface area contributed by atoms with Crippen molar-refractivity contribution in [2.45, 2.75) is 25.3 Å². The van der Waals surface area contributed by atoms with Gasteiger partial charge in [0.2, 0.25) is 5.91 Å². The van der Waals surface area contributed by atoms with Gasteiger partial charge in [-0.2, -0.15) is 0 Å². The fourth-order valence-corrected chi connectivity index (χ4v) is 1.71. The maximum absolute atomic E-state index is 12.3. The van der Waals surface area contributed by atoms with Crippen molar-refractivity contribution in [2.75, 3.05) is 19.5 Å². The van der Waals surface area contributed by atoms with Gasteiger partial charge in [0.1, 0.15) is 0 Å². The molecule has 1 aromatic carbocycles. The number of anilines is 1. The molecule has 6 nitrogen and oxygen atoms in total. The number of methoxy groups -OCH3 is 1. The number of aliphatic carboxylic acids is 1. The Morgan fingerprint density at radius 1 is 1.35 bits per heavy atom. The van der Waals surface area contributed by atoms with Gasteiger partial charge in [-0.1, -0.05) is 12.1 Å².